The Hall–Kier alpha value is -1.39. The number of hydrogen-bond acceptors (Lipinski definition) is 4. The minimum atomic E-state index is -0.604. The average molecular weight is 292 g/mol. The summed E-state index contributed by atoms with van der Waals surface area (Å²) < 4.78 is 0. The highest BCUT2D eigenvalue weighted by Gasteiger charge is 2.33. The molecule has 0 amide bonds. The summed E-state index contributed by atoms with van der Waals surface area (Å²) in [6.45, 7) is 0.574. The van der Waals surface area contributed by atoms with Gasteiger partial charge in [0.25, 0.3) is 0 Å². The standard InChI is InChI=1S/C15H18ClN3O/c1-19(10-15(20)8-4-5-9-15)13-11-6-2-3-7-12(11)17-14(16)18-13/h2-3,6-7,20H,4-5,8-10H2,1H3. The number of fused-ring (bicyclic) bond motifs is 1. The third-order valence-electron chi connectivity index (χ3n) is 3.98. The second-order valence-electron chi connectivity index (χ2n) is 5.62. The third kappa shape index (κ3) is 2.58. The predicted molar refractivity (Wildman–Crippen MR) is 81.2 cm³/mol. The van der Waals surface area contributed by atoms with Crippen molar-refractivity contribution in [3.05, 3.63) is 29.5 Å². The van der Waals surface area contributed by atoms with Crippen LogP contribution in [-0.4, -0.2) is 34.3 Å². The quantitative estimate of drug-likeness (QED) is 0.883. The SMILES string of the molecule is CN(CC1(O)CCCC1)c1nc(Cl)nc2ccccc12. The average Bonchev–Trinajstić information content (AvgIpc) is 2.84. The van der Waals surface area contributed by atoms with E-state index in [4.69, 9.17) is 11.6 Å². The van der Waals surface area contributed by atoms with Crippen LogP contribution in [0.3, 0.4) is 0 Å². The number of benzene rings is 1. The number of likely N-dealkylation sites (N-methyl/N-ethyl adjacent to an activating group) is 1. The van der Waals surface area contributed by atoms with E-state index in [0.29, 0.717) is 6.54 Å². The Morgan fingerprint density at radius 2 is 1.95 bits per heavy atom. The maximum atomic E-state index is 10.5. The second kappa shape index (κ2) is 5.19. The molecule has 1 aromatic carbocycles. The number of aromatic nitrogens is 2. The van der Waals surface area contributed by atoms with Crippen molar-refractivity contribution >= 4 is 28.3 Å². The molecular weight excluding hydrogens is 274 g/mol. The monoisotopic (exact) mass is 291 g/mol. The Bertz CT molecular complexity index is 626. The first-order valence-corrected chi connectivity index (χ1v) is 7.31. The van der Waals surface area contributed by atoms with Crippen molar-refractivity contribution in [3.8, 4) is 0 Å². The zero-order valence-electron chi connectivity index (χ0n) is 11.5. The molecule has 0 atom stereocenters. The van der Waals surface area contributed by atoms with Crippen LogP contribution < -0.4 is 4.90 Å². The fourth-order valence-corrected chi connectivity index (χ4v) is 3.20. The van der Waals surface area contributed by atoms with Gasteiger partial charge >= 0.3 is 0 Å². The minimum Gasteiger partial charge on any atom is -0.388 e. The molecule has 2 aromatic rings. The van der Waals surface area contributed by atoms with Gasteiger partial charge in [-0.1, -0.05) is 25.0 Å². The lowest BCUT2D eigenvalue weighted by Crippen LogP contribution is -2.39. The van der Waals surface area contributed by atoms with Crippen LogP contribution in [-0.2, 0) is 0 Å². The van der Waals surface area contributed by atoms with Crippen LogP contribution in [0.25, 0.3) is 10.9 Å². The van der Waals surface area contributed by atoms with Gasteiger partial charge in [-0.25, -0.2) is 4.98 Å². The Kier molecular flexibility index (Phi) is 3.52. The van der Waals surface area contributed by atoms with Gasteiger partial charge in [0.05, 0.1) is 11.1 Å². The molecule has 5 heteroatoms. The summed E-state index contributed by atoms with van der Waals surface area (Å²) in [4.78, 5) is 10.6. The molecule has 1 aliphatic rings. The largest absolute Gasteiger partial charge is 0.388 e. The molecule has 1 heterocycles. The summed E-state index contributed by atoms with van der Waals surface area (Å²) >= 11 is 6.01. The van der Waals surface area contributed by atoms with E-state index in [1.165, 1.54) is 0 Å². The third-order valence-corrected chi connectivity index (χ3v) is 4.15. The van der Waals surface area contributed by atoms with Gasteiger partial charge in [-0.2, -0.15) is 4.98 Å². The fourth-order valence-electron chi connectivity index (χ4n) is 3.03. The molecule has 20 heavy (non-hydrogen) atoms. The van der Waals surface area contributed by atoms with E-state index in [-0.39, 0.29) is 5.28 Å². The maximum Gasteiger partial charge on any atom is 0.224 e. The van der Waals surface area contributed by atoms with Gasteiger partial charge in [0.1, 0.15) is 5.82 Å². The van der Waals surface area contributed by atoms with Crippen molar-refractivity contribution in [2.24, 2.45) is 0 Å². The molecule has 0 aliphatic heterocycles. The number of anilines is 1. The number of rotatable bonds is 3. The van der Waals surface area contributed by atoms with E-state index >= 15 is 0 Å². The Morgan fingerprint density at radius 1 is 1.25 bits per heavy atom. The first-order valence-electron chi connectivity index (χ1n) is 6.93. The molecule has 1 aliphatic carbocycles. The van der Waals surface area contributed by atoms with Crippen molar-refractivity contribution in [1.82, 2.24) is 9.97 Å². The van der Waals surface area contributed by atoms with Gasteiger partial charge in [-0.05, 0) is 36.6 Å². The number of para-hydroxylation sites is 1. The van der Waals surface area contributed by atoms with Crippen LogP contribution in [0.15, 0.2) is 24.3 Å². The first kappa shape index (κ1) is 13.6. The summed E-state index contributed by atoms with van der Waals surface area (Å²) in [5.74, 6) is 0.779. The van der Waals surface area contributed by atoms with E-state index in [9.17, 15) is 5.11 Å². The van der Waals surface area contributed by atoms with Crippen molar-refractivity contribution in [2.45, 2.75) is 31.3 Å². The Morgan fingerprint density at radius 3 is 2.70 bits per heavy atom. The maximum absolute atomic E-state index is 10.5. The fraction of sp³-hybridized carbons (Fsp3) is 0.467. The molecule has 1 fully saturated rings. The molecule has 3 rings (SSSR count). The molecule has 0 radical (unpaired) electrons. The summed E-state index contributed by atoms with van der Waals surface area (Å²) in [6, 6.07) is 7.79. The highest BCUT2D eigenvalue weighted by Crippen LogP contribution is 2.32. The molecule has 1 aromatic heterocycles. The van der Waals surface area contributed by atoms with Gasteiger partial charge in [0.15, 0.2) is 0 Å². The lowest BCUT2D eigenvalue weighted by atomic mass is 10.0. The topological polar surface area (TPSA) is 49.2 Å². The highest BCUT2D eigenvalue weighted by atomic mass is 35.5. The van der Waals surface area contributed by atoms with Gasteiger partial charge in [0.2, 0.25) is 5.28 Å². The summed E-state index contributed by atoms with van der Waals surface area (Å²) in [5, 5.41) is 11.7. The molecule has 1 saturated carbocycles. The number of halogens is 1. The zero-order chi connectivity index (χ0) is 14.2. The smallest absolute Gasteiger partial charge is 0.224 e. The van der Waals surface area contributed by atoms with Crippen LogP contribution in [0.5, 0.6) is 0 Å². The molecule has 4 nitrogen and oxygen atoms in total. The molecule has 0 bridgehead atoms. The van der Waals surface area contributed by atoms with Crippen molar-refractivity contribution in [3.63, 3.8) is 0 Å². The van der Waals surface area contributed by atoms with Gasteiger partial charge in [0, 0.05) is 19.0 Å². The molecule has 106 valence electrons. The van der Waals surface area contributed by atoms with Crippen LogP contribution in [0.2, 0.25) is 5.28 Å². The molecule has 0 unspecified atom stereocenters. The molecule has 0 saturated heterocycles. The van der Waals surface area contributed by atoms with E-state index in [2.05, 4.69) is 9.97 Å². The number of nitrogens with zero attached hydrogens (tertiary/aromatic N) is 3. The minimum absolute atomic E-state index is 0.240. The summed E-state index contributed by atoms with van der Waals surface area (Å²) in [7, 11) is 1.95. The van der Waals surface area contributed by atoms with Gasteiger partial charge in [-0.15, -0.1) is 0 Å². The van der Waals surface area contributed by atoms with E-state index in [0.717, 1.165) is 42.4 Å². The van der Waals surface area contributed by atoms with Crippen molar-refractivity contribution in [1.29, 1.82) is 0 Å². The Balaban J connectivity index is 1.96. The van der Waals surface area contributed by atoms with E-state index in [1.807, 2.05) is 36.2 Å². The van der Waals surface area contributed by atoms with Crippen LogP contribution >= 0.6 is 11.6 Å². The van der Waals surface area contributed by atoms with Crippen molar-refractivity contribution < 1.29 is 5.11 Å². The van der Waals surface area contributed by atoms with Crippen LogP contribution in [0, 0.1) is 0 Å². The molecular formula is C15H18ClN3O. The van der Waals surface area contributed by atoms with Gasteiger partial charge < -0.3 is 10.0 Å². The van der Waals surface area contributed by atoms with Crippen molar-refractivity contribution in [2.75, 3.05) is 18.5 Å². The lowest BCUT2D eigenvalue weighted by molar-refractivity contribution is 0.0558. The number of hydrogen-bond donors (Lipinski definition) is 1. The predicted octanol–water partition coefficient (Wildman–Crippen LogP) is 3.02. The number of aliphatic hydroxyl groups is 1. The summed E-state index contributed by atoms with van der Waals surface area (Å²) in [6.07, 6.45) is 3.90. The van der Waals surface area contributed by atoms with E-state index in [1.54, 1.807) is 0 Å². The molecule has 0 spiro atoms. The van der Waals surface area contributed by atoms with Gasteiger partial charge in [-0.3, -0.25) is 0 Å². The molecule has 1 N–H and O–H groups in total. The van der Waals surface area contributed by atoms with E-state index < -0.39 is 5.60 Å². The first-order chi connectivity index (χ1) is 9.57. The zero-order valence-corrected chi connectivity index (χ0v) is 12.3. The summed E-state index contributed by atoms with van der Waals surface area (Å²) in [5.41, 5.74) is 0.223. The van der Waals surface area contributed by atoms with Crippen LogP contribution in [0.4, 0.5) is 5.82 Å². The highest BCUT2D eigenvalue weighted by molar-refractivity contribution is 6.28. The van der Waals surface area contributed by atoms with Crippen LogP contribution in [0.1, 0.15) is 25.7 Å². The normalized spacial score (nSPS) is 17.6. The Labute approximate surface area is 123 Å². The second-order valence-corrected chi connectivity index (χ2v) is 5.96. The lowest BCUT2D eigenvalue weighted by Gasteiger charge is -2.29.